The maximum Gasteiger partial charge on any atom is 0.191 e. The van der Waals surface area contributed by atoms with Crippen LogP contribution in [0, 0.1) is 0 Å². The van der Waals surface area contributed by atoms with E-state index in [0.29, 0.717) is 12.6 Å². The van der Waals surface area contributed by atoms with Gasteiger partial charge >= 0.3 is 0 Å². The molecule has 0 saturated heterocycles. The Morgan fingerprint density at radius 3 is 2.44 bits per heavy atom. The summed E-state index contributed by atoms with van der Waals surface area (Å²) in [6.45, 7) is 6.95. The number of halogens is 1. The Bertz CT molecular complexity index is 526. The summed E-state index contributed by atoms with van der Waals surface area (Å²) in [5.41, 5.74) is 1.10. The predicted molar refractivity (Wildman–Crippen MR) is 116 cm³/mol. The Kier molecular flexibility index (Phi) is 12.4. The highest BCUT2D eigenvalue weighted by molar-refractivity contribution is 14.0. The van der Waals surface area contributed by atoms with Crippen molar-refractivity contribution >= 4 is 29.9 Å². The summed E-state index contributed by atoms with van der Waals surface area (Å²) in [6.07, 6.45) is 1.16. The monoisotopic (exact) mass is 464 g/mol. The molecule has 1 aromatic rings. The van der Waals surface area contributed by atoms with Crippen molar-refractivity contribution in [1.82, 2.24) is 15.5 Å². The molecule has 1 unspecified atom stereocenters. The first-order valence-electron chi connectivity index (χ1n) is 8.41. The Balaban J connectivity index is 0.00000576. The topological polar surface area (TPSA) is 58.1 Å². The first-order valence-corrected chi connectivity index (χ1v) is 8.41. The summed E-state index contributed by atoms with van der Waals surface area (Å²) in [6, 6.07) is 6.48. The lowest BCUT2D eigenvalue weighted by molar-refractivity contribution is 0.255. The Labute approximate surface area is 169 Å². The quantitative estimate of drug-likeness (QED) is 0.335. The molecule has 0 aliphatic heterocycles. The van der Waals surface area contributed by atoms with Gasteiger partial charge in [0, 0.05) is 32.7 Å². The van der Waals surface area contributed by atoms with E-state index in [2.05, 4.69) is 41.4 Å². The third-order valence-electron chi connectivity index (χ3n) is 4.23. The molecule has 6 nitrogen and oxygen atoms in total. The maximum absolute atomic E-state index is 5.33. The molecule has 0 radical (unpaired) electrons. The van der Waals surface area contributed by atoms with Crippen LogP contribution >= 0.6 is 24.0 Å². The van der Waals surface area contributed by atoms with E-state index in [1.807, 2.05) is 18.2 Å². The smallest absolute Gasteiger partial charge is 0.191 e. The highest BCUT2D eigenvalue weighted by Crippen LogP contribution is 2.27. The van der Waals surface area contributed by atoms with Crippen molar-refractivity contribution in [3.05, 3.63) is 23.8 Å². The van der Waals surface area contributed by atoms with Gasteiger partial charge in [0.2, 0.25) is 0 Å². The third kappa shape index (κ3) is 8.13. The number of nitrogens with one attached hydrogen (secondary N) is 2. The van der Waals surface area contributed by atoms with Crippen molar-refractivity contribution in [3.8, 4) is 11.5 Å². The molecular weight excluding hydrogens is 431 g/mol. The Morgan fingerprint density at radius 2 is 1.88 bits per heavy atom. The summed E-state index contributed by atoms with van der Waals surface area (Å²) >= 11 is 0. The van der Waals surface area contributed by atoms with Crippen LogP contribution in [-0.4, -0.2) is 58.3 Å². The molecule has 0 aliphatic carbocycles. The van der Waals surface area contributed by atoms with Gasteiger partial charge < -0.3 is 25.0 Å². The van der Waals surface area contributed by atoms with Gasteiger partial charge in [-0.1, -0.05) is 13.0 Å². The second-order valence-electron chi connectivity index (χ2n) is 5.78. The fourth-order valence-electron chi connectivity index (χ4n) is 2.28. The van der Waals surface area contributed by atoms with Crippen molar-refractivity contribution in [1.29, 1.82) is 0 Å². The van der Waals surface area contributed by atoms with Crippen LogP contribution in [0.25, 0.3) is 0 Å². The number of ether oxygens (including phenoxy) is 2. The van der Waals surface area contributed by atoms with Crippen LogP contribution in [0.15, 0.2) is 23.2 Å². The van der Waals surface area contributed by atoms with Crippen LogP contribution < -0.4 is 20.1 Å². The predicted octanol–water partition coefficient (Wildman–Crippen LogP) is 2.72. The van der Waals surface area contributed by atoms with Gasteiger partial charge in [0.15, 0.2) is 17.5 Å². The first-order chi connectivity index (χ1) is 11.5. The molecule has 144 valence electrons. The fraction of sp³-hybridized carbons (Fsp3) is 0.611. The van der Waals surface area contributed by atoms with E-state index < -0.39 is 0 Å². The lowest BCUT2D eigenvalue weighted by Gasteiger charge is -2.24. The van der Waals surface area contributed by atoms with Gasteiger partial charge in [-0.05, 0) is 38.1 Å². The molecule has 0 saturated carbocycles. The van der Waals surface area contributed by atoms with Crippen molar-refractivity contribution in [2.24, 2.45) is 4.99 Å². The molecule has 0 bridgehead atoms. The highest BCUT2D eigenvalue weighted by atomic mass is 127. The lowest BCUT2D eigenvalue weighted by Crippen LogP contribution is -2.42. The van der Waals surface area contributed by atoms with Gasteiger partial charge in [-0.25, -0.2) is 0 Å². The number of benzene rings is 1. The van der Waals surface area contributed by atoms with E-state index in [0.717, 1.165) is 42.5 Å². The summed E-state index contributed by atoms with van der Waals surface area (Å²) in [5.74, 6) is 2.26. The molecule has 25 heavy (non-hydrogen) atoms. The first kappa shape index (κ1) is 23.8. The SMILES string of the molecule is CCC(C)N(C)CCNC(=NC)NCc1ccc(OC)c(OC)c1.I. The molecule has 0 spiro atoms. The fourth-order valence-corrected chi connectivity index (χ4v) is 2.28. The van der Waals surface area contributed by atoms with Gasteiger partial charge in [-0.3, -0.25) is 4.99 Å². The molecule has 0 fully saturated rings. The molecule has 0 aromatic heterocycles. The van der Waals surface area contributed by atoms with Crippen LogP contribution in [-0.2, 0) is 6.54 Å². The number of likely N-dealkylation sites (N-methyl/N-ethyl adjacent to an activating group) is 1. The molecule has 1 rings (SSSR count). The average molecular weight is 464 g/mol. The molecule has 0 amide bonds. The molecule has 1 atom stereocenters. The molecule has 7 heteroatoms. The van der Waals surface area contributed by atoms with Crippen molar-refractivity contribution < 1.29 is 9.47 Å². The molecule has 0 heterocycles. The maximum atomic E-state index is 5.33. The van der Waals surface area contributed by atoms with Gasteiger partial charge in [-0.2, -0.15) is 0 Å². The van der Waals surface area contributed by atoms with Gasteiger partial charge in [0.05, 0.1) is 14.2 Å². The van der Waals surface area contributed by atoms with Crippen LogP contribution in [0.2, 0.25) is 0 Å². The zero-order valence-corrected chi connectivity index (χ0v) is 18.6. The van der Waals surface area contributed by atoms with Crippen LogP contribution in [0.3, 0.4) is 0 Å². The van der Waals surface area contributed by atoms with E-state index in [9.17, 15) is 0 Å². The van der Waals surface area contributed by atoms with Crippen LogP contribution in [0.5, 0.6) is 11.5 Å². The summed E-state index contributed by atoms with van der Waals surface area (Å²) in [5, 5.41) is 6.66. The highest BCUT2D eigenvalue weighted by Gasteiger charge is 2.07. The van der Waals surface area contributed by atoms with E-state index in [-0.39, 0.29) is 24.0 Å². The van der Waals surface area contributed by atoms with Crippen molar-refractivity contribution in [2.75, 3.05) is 41.4 Å². The standard InChI is InChI=1S/C18H32N4O2.HI/c1-7-14(2)22(4)11-10-20-18(19-3)21-13-15-8-9-16(23-5)17(12-15)24-6;/h8-9,12,14H,7,10-11,13H2,1-6H3,(H2,19,20,21);1H. The second-order valence-corrected chi connectivity index (χ2v) is 5.78. The number of hydrogen-bond acceptors (Lipinski definition) is 4. The molecule has 2 N–H and O–H groups in total. The lowest BCUT2D eigenvalue weighted by atomic mass is 10.2. The van der Waals surface area contributed by atoms with E-state index in [1.54, 1.807) is 21.3 Å². The van der Waals surface area contributed by atoms with Crippen LogP contribution in [0.4, 0.5) is 0 Å². The summed E-state index contributed by atoms with van der Waals surface area (Å²) < 4.78 is 10.6. The third-order valence-corrected chi connectivity index (χ3v) is 4.23. The van der Waals surface area contributed by atoms with Gasteiger partial charge in [0.25, 0.3) is 0 Å². The number of hydrogen-bond donors (Lipinski definition) is 2. The minimum Gasteiger partial charge on any atom is -0.493 e. The number of guanidine groups is 1. The number of rotatable bonds is 9. The van der Waals surface area contributed by atoms with Gasteiger partial charge in [-0.15, -0.1) is 24.0 Å². The van der Waals surface area contributed by atoms with Crippen LogP contribution in [0.1, 0.15) is 25.8 Å². The zero-order valence-electron chi connectivity index (χ0n) is 16.3. The summed E-state index contributed by atoms with van der Waals surface area (Å²) in [4.78, 5) is 6.60. The molecule has 1 aromatic carbocycles. The van der Waals surface area contributed by atoms with E-state index in [4.69, 9.17) is 9.47 Å². The van der Waals surface area contributed by atoms with Crippen molar-refractivity contribution in [3.63, 3.8) is 0 Å². The minimum absolute atomic E-state index is 0. The largest absolute Gasteiger partial charge is 0.493 e. The van der Waals surface area contributed by atoms with E-state index >= 15 is 0 Å². The van der Waals surface area contributed by atoms with Crippen molar-refractivity contribution in [2.45, 2.75) is 32.9 Å². The van der Waals surface area contributed by atoms with E-state index in [1.165, 1.54) is 0 Å². The Hall–Kier alpha value is -1.22. The zero-order chi connectivity index (χ0) is 17.9. The normalized spacial score (nSPS) is 12.4. The molecular formula is C18H33IN4O2. The van der Waals surface area contributed by atoms with Gasteiger partial charge in [0.1, 0.15) is 0 Å². The molecule has 0 aliphatic rings. The number of methoxy groups -OCH3 is 2. The minimum atomic E-state index is 0. The second kappa shape index (κ2) is 13.0. The number of aliphatic imine (C=N–C) groups is 1. The summed E-state index contributed by atoms with van der Waals surface area (Å²) in [7, 11) is 7.21. The number of nitrogens with zero attached hydrogens (tertiary/aromatic N) is 2. The average Bonchev–Trinajstić information content (AvgIpc) is 2.63. The Morgan fingerprint density at radius 1 is 1.20 bits per heavy atom.